The maximum atomic E-state index is 14.0. The molecule has 0 aliphatic rings. The van der Waals surface area contributed by atoms with Gasteiger partial charge in [0, 0.05) is 13.6 Å². The number of anilines is 1. The number of hydrogen-bond acceptors (Lipinski definition) is 6. The Balaban J connectivity index is 2.10. The molecule has 9 nitrogen and oxygen atoms in total. The van der Waals surface area contributed by atoms with E-state index < -0.39 is 28.5 Å². The van der Waals surface area contributed by atoms with E-state index in [1.807, 2.05) is 13.0 Å². The first-order valence-corrected chi connectivity index (χ1v) is 14.4. The van der Waals surface area contributed by atoms with E-state index in [0.29, 0.717) is 17.9 Å². The minimum Gasteiger partial charge on any atom is -0.497 e. The van der Waals surface area contributed by atoms with Crippen LogP contribution in [0, 0.1) is 6.92 Å². The Morgan fingerprint density at radius 2 is 1.70 bits per heavy atom. The van der Waals surface area contributed by atoms with E-state index in [1.54, 1.807) is 37.3 Å². The number of carbonyl (C=O) groups is 2. The molecule has 0 aliphatic heterocycles. The minimum absolute atomic E-state index is 0.00975. The van der Waals surface area contributed by atoms with Crippen LogP contribution in [0.25, 0.3) is 0 Å². The van der Waals surface area contributed by atoms with Crippen molar-refractivity contribution in [2.24, 2.45) is 0 Å². The summed E-state index contributed by atoms with van der Waals surface area (Å²) in [6.07, 6.45) is 0.314. The van der Waals surface area contributed by atoms with Crippen molar-refractivity contribution < 1.29 is 27.5 Å². The number of ether oxygens (including phenoxy) is 2. The average Bonchev–Trinajstić information content (AvgIpc) is 2.95. The lowest BCUT2D eigenvalue weighted by Gasteiger charge is -2.33. The van der Waals surface area contributed by atoms with Crippen LogP contribution in [0.2, 0.25) is 5.02 Å². The second-order valence-electron chi connectivity index (χ2n) is 9.06. The lowest BCUT2D eigenvalue weighted by molar-refractivity contribution is -0.140. The summed E-state index contributed by atoms with van der Waals surface area (Å²) in [6.45, 7) is 3.12. The molecule has 1 atom stereocenters. The second-order valence-corrected chi connectivity index (χ2v) is 11.3. The van der Waals surface area contributed by atoms with Crippen molar-refractivity contribution in [2.45, 2.75) is 37.8 Å². The molecule has 3 aromatic carbocycles. The molecule has 3 rings (SSSR count). The van der Waals surface area contributed by atoms with Crippen LogP contribution in [0.1, 0.15) is 24.5 Å². The van der Waals surface area contributed by atoms with E-state index in [2.05, 4.69) is 5.32 Å². The van der Waals surface area contributed by atoms with Gasteiger partial charge in [-0.2, -0.15) is 0 Å². The molecule has 0 unspecified atom stereocenters. The van der Waals surface area contributed by atoms with Crippen LogP contribution in [0.4, 0.5) is 5.69 Å². The first-order valence-electron chi connectivity index (χ1n) is 12.6. The van der Waals surface area contributed by atoms with E-state index >= 15 is 0 Å². The number of aryl methyl sites for hydroxylation is 1. The van der Waals surface area contributed by atoms with Crippen molar-refractivity contribution in [2.75, 3.05) is 32.1 Å². The number of likely N-dealkylation sites (N-methyl/N-ethyl adjacent to an activating group) is 1. The number of nitrogens with zero attached hydrogens (tertiary/aromatic N) is 2. The highest BCUT2D eigenvalue weighted by Crippen LogP contribution is 2.32. The van der Waals surface area contributed by atoms with Crippen molar-refractivity contribution in [3.05, 3.63) is 82.9 Å². The van der Waals surface area contributed by atoms with Crippen LogP contribution in [0.3, 0.4) is 0 Å². The number of rotatable bonds is 12. The number of benzene rings is 3. The van der Waals surface area contributed by atoms with Gasteiger partial charge in [0.25, 0.3) is 10.0 Å². The molecule has 0 aliphatic carbocycles. The fourth-order valence-corrected chi connectivity index (χ4v) is 5.89. The molecule has 214 valence electrons. The summed E-state index contributed by atoms with van der Waals surface area (Å²) in [4.78, 5) is 28.2. The standard InChI is InChI=1S/C29H34ClN3O6S/c1-6-26(29(35)31-3)32(18-21-8-7-9-23(16-21)38-4)28(34)19-33(22-12-15-27(39-5)25(30)17-22)40(36,37)24-13-10-20(2)11-14-24/h7-17,26H,6,18-19H2,1-5H3,(H,31,35)/t26-/m1/s1. The molecule has 0 radical (unpaired) electrons. The lowest BCUT2D eigenvalue weighted by Crippen LogP contribution is -2.51. The Labute approximate surface area is 240 Å². The predicted molar refractivity (Wildman–Crippen MR) is 155 cm³/mol. The molecule has 2 amide bonds. The maximum Gasteiger partial charge on any atom is 0.264 e. The van der Waals surface area contributed by atoms with Gasteiger partial charge in [-0.25, -0.2) is 8.42 Å². The van der Waals surface area contributed by atoms with Crippen LogP contribution >= 0.6 is 11.6 Å². The van der Waals surface area contributed by atoms with Gasteiger partial charge in [-0.05, 0) is 61.4 Å². The lowest BCUT2D eigenvalue weighted by atomic mass is 10.1. The highest BCUT2D eigenvalue weighted by molar-refractivity contribution is 7.92. The van der Waals surface area contributed by atoms with Gasteiger partial charge in [-0.3, -0.25) is 13.9 Å². The summed E-state index contributed by atoms with van der Waals surface area (Å²) in [5, 5.41) is 2.79. The first-order chi connectivity index (χ1) is 19.0. The van der Waals surface area contributed by atoms with Crippen LogP contribution in [-0.2, 0) is 26.2 Å². The molecule has 0 spiro atoms. The monoisotopic (exact) mass is 587 g/mol. The number of amides is 2. The maximum absolute atomic E-state index is 14.0. The summed E-state index contributed by atoms with van der Waals surface area (Å²) in [7, 11) is 0.268. The first kappa shape index (κ1) is 30.8. The third kappa shape index (κ3) is 7.05. The normalized spacial score (nSPS) is 11.8. The number of hydrogen-bond donors (Lipinski definition) is 1. The zero-order valence-corrected chi connectivity index (χ0v) is 24.8. The van der Waals surface area contributed by atoms with Crippen LogP contribution in [0.15, 0.2) is 71.6 Å². The van der Waals surface area contributed by atoms with Gasteiger partial charge in [0.2, 0.25) is 11.8 Å². The zero-order chi connectivity index (χ0) is 29.4. The van der Waals surface area contributed by atoms with Crippen molar-refractivity contribution in [3.63, 3.8) is 0 Å². The second kappa shape index (κ2) is 13.5. The molecule has 40 heavy (non-hydrogen) atoms. The largest absolute Gasteiger partial charge is 0.497 e. The summed E-state index contributed by atoms with van der Waals surface area (Å²) in [5.74, 6) is 0.0177. The molecule has 1 N–H and O–H groups in total. The number of sulfonamides is 1. The minimum atomic E-state index is -4.21. The van der Waals surface area contributed by atoms with E-state index in [-0.39, 0.29) is 28.1 Å². The molecule has 0 saturated heterocycles. The summed E-state index contributed by atoms with van der Waals surface area (Å²) in [5.41, 5.74) is 1.78. The van der Waals surface area contributed by atoms with Gasteiger partial charge in [0.05, 0.1) is 29.8 Å². The number of carbonyl (C=O) groups excluding carboxylic acids is 2. The Morgan fingerprint density at radius 3 is 2.27 bits per heavy atom. The van der Waals surface area contributed by atoms with Crippen molar-refractivity contribution in [1.29, 1.82) is 0 Å². The molecule has 11 heteroatoms. The van der Waals surface area contributed by atoms with E-state index in [4.69, 9.17) is 21.1 Å². The van der Waals surface area contributed by atoms with Crippen molar-refractivity contribution in [1.82, 2.24) is 10.2 Å². The topological polar surface area (TPSA) is 105 Å². The van der Waals surface area contributed by atoms with Gasteiger partial charge in [-0.1, -0.05) is 48.4 Å². The number of nitrogens with one attached hydrogen (secondary N) is 1. The number of halogens is 1. The fraction of sp³-hybridized carbons (Fsp3) is 0.310. The highest BCUT2D eigenvalue weighted by atomic mass is 35.5. The number of methoxy groups -OCH3 is 2. The third-order valence-corrected chi connectivity index (χ3v) is 8.51. The fourth-order valence-electron chi connectivity index (χ4n) is 4.23. The molecule has 0 aromatic heterocycles. The smallest absolute Gasteiger partial charge is 0.264 e. The predicted octanol–water partition coefficient (Wildman–Crippen LogP) is 4.41. The Hall–Kier alpha value is -3.76. The van der Waals surface area contributed by atoms with Gasteiger partial charge < -0.3 is 19.7 Å². The van der Waals surface area contributed by atoms with Crippen molar-refractivity contribution in [3.8, 4) is 11.5 Å². The van der Waals surface area contributed by atoms with Gasteiger partial charge in [-0.15, -0.1) is 0 Å². The Morgan fingerprint density at radius 1 is 1.00 bits per heavy atom. The SMILES string of the molecule is CC[C@H](C(=O)NC)N(Cc1cccc(OC)c1)C(=O)CN(c1ccc(OC)c(Cl)c1)S(=O)(=O)c1ccc(C)cc1. The summed E-state index contributed by atoms with van der Waals surface area (Å²) >= 11 is 6.35. The van der Waals surface area contributed by atoms with Crippen LogP contribution in [0.5, 0.6) is 11.5 Å². The Bertz CT molecular complexity index is 1450. The van der Waals surface area contributed by atoms with Gasteiger partial charge >= 0.3 is 0 Å². The highest BCUT2D eigenvalue weighted by Gasteiger charge is 2.33. The third-order valence-electron chi connectivity index (χ3n) is 6.43. The molecule has 0 fully saturated rings. The van der Waals surface area contributed by atoms with E-state index in [0.717, 1.165) is 15.4 Å². The van der Waals surface area contributed by atoms with Gasteiger partial charge in [0.15, 0.2) is 0 Å². The quantitative estimate of drug-likeness (QED) is 0.336. The van der Waals surface area contributed by atoms with Crippen molar-refractivity contribution >= 4 is 39.1 Å². The molecule has 0 heterocycles. The van der Waals surface area contributed by atoms with Crippen LogP contribution < -0.4 is 19.1 Å². The van der Waals surface area contributed by atoms with E-state index in [9.17, 15) is 18.0 Å². The molecular weight excluding hydrogens is 554 g/mol. The summed E-state index contributed by atoms with van der Waals surface area (Å²) in [6, 6.07) is 17.1. The van der Waals surface area contributed by atoms with Gasteiger partial charge in [0.1, 0.15) is 24.1 Å². The average molecular weight is 588 g/mol. The molecule has 0 bridgehead atoms. The Kier molecular flexibility index (Phi) is 10.4. The molecule has 3 aromatic rings. The van der Waals surface area contributed by atoms with Crippen LogP contribution in [-0.4, -0.2) is 59.0 Å². The van der Waals surface area contributed by atoms with E-state index in [1.165, 1.54) is 56.5 Å². The summed E-state index contributed by atoms with van der Waals surface area (Å²) < 4.78 is 39.4. The molecule has 0 saturated carbocycles. The zero-order valence-electron chi connectivity index (χ0n) is 23.2. The molecular formula is C29H34ClN3O6S.